The molecule has 0 unspecified atom stereocenters. The summed E-state index contributed by atoms with van der Waals surface area (Å²) in [5.41, 5.74) is 1.34. The molecular weight excluding hydrogens is 516 g/mol. The van der Waals surface area contributed by atoms with Crippen molar-refractivity contribution in [2.45, 2.75) is 40.5 Å². The second kappa shape index (κ2) is 15.0. The van der Waals surface area contributed by atoms with Crippen LogP contribution in [0.2, 0.25) is 0 Å². The Hall–Kier alpha value is -3.95. The molecule has 9 nitrogen and oxygen atoms in total. The lowest BCUT2D eigenvalue weighted by molar-refractivity contribution is -0.131. The molecule has 1 N–H and O–H groups in total. The Labute approximate surface area is 233 Å². The molecule has 0 saturated heterocycles. The van der Waals surface area contributed by atoms with Gasteiger partial charge < -0.3 is 28.8 Å². The molecule has 9 heteroatoms. The van der Waals surface area contributed by atoms with Crippen LogP contribution in [0.1, 0.15) is 60.4 Å². The fourth-order valence-electron chi connectivity index (χ4n) is 4.26. The molecule has 0 radical (unpaired) electrons. The highest BCUT2D eigenvalue weighted by Gasteiger charge is 2.16. The van der Waals surface area contributed by atoms with Crippen LogP contribution in [0.3, 0.4) is 0 Å². The normalized spacial score (nSPS) is 10.9. The molecule has 214 valence electrons. The van der Waals surface area contributed by atoms with E-state index in [0.29, 0.717) is 72.2 Å². The number of aromatic hydroxyl groups is 1. The summed E-state index contributed by atoms with van der Waals surface area (Å²) in [7, 11) is 0. The first-order valence-corrected chi connectivity index (χ1v) is 13.3. The van der Waals surface area contributed by atoms with Crippen molar-refractivity contribution >= 4 is 28.3 Å². The van der Waals surface area contributed by atoms with E-state index in [1.54, 1.807) is 36.4 Å². The van der Waals surface area contributed by atoms with Crippen molar-refractivity contribution in [1.82, 2.24) is 0 Å². The number of ether oxygens (including phenoxy) is 5. The SMILES string of the molecule is CCCc1c(OCCOCCOCCOc2ccc3ccc(OC(C)=O)cc3c2C(C)=O)ccc(C(C)=O)c1O. The number of hydrogen-bond acceptors (Lipinski definition) is 9. The minimum atomic E-state index is -0.438. The van der Waals surface area contributed by atoms with Gasteiger partial charge in [-0.2, -0.15) is 0 Å². The van der Waals surface area contributed by atoms with Gasteiger partial charge in [-0.1, -0.05) is 25.5 Å². The summed E-state index contributed by atoms with van der Waals surface area (Å²) in [4.78, 5) is 35.4. The molecule has 40 heavy (non-hydrogen) atoms. The van der Waals surface area contributed by atoms with E-state index in [2.05, 4.69) is 0 Å². The van der Waals surface area contributed by atoms with Crippen LogP contribution in [-0.4, -0.2) is 62.3 Å². The van der Waals surface area contributed by atoms with Gasteiger partial charge >= 0.3 is 5.97 Å². The first kappa shape index (κ1) is 30.6. The van der Waals surface area contributed by atoms with Gasteiger partial charge in [-0.05, 0) is 61.4 Å². The maximum absolute atomic E-state index is 12.4. The summed E-state index contributed by atoms with van der Waals surface area (Å²) >= 11 is 0. The van der Waals surface area contributed by atoms with Crippen LogP contribution in [0.15, 0.2) is 42.5 Å². The molecule has 0 aliphatic carbocycles. The van der Waals surface area contributed by atoms with Crippen LogP contribution < -0.4 is 14.2 Å². The van der Waals surface area contributed by atoms with Crippen molar-refractivity contribution in [3.63, 3.8) is 0 Å². The zero-order chi connectivity index (χ0) is 29.1. The van der Waals surface area contributed by atoms with E-state index in [1.807, 2.05) is 13.0 Å². The van der Waals surface area contributed by atoms with Crippen LogP contribution in [0.4, 0.5) is 0 Å². The Bertz CT molecular complexity index is 1350. The predicted molar refractivity (Wildman–Crippen MR) is 150 cm³/mol. The van der Waals surface area contributed by atoms with Crippen LogP contribution in [0.5, 0.6) is 23.0 Å². The lowest BCUT2D eigenvalue weighted by Crippen LogP contribution is -2.14. The van der Waals surface area contributed by atoms with Crippen molar-refractivity contribution in [3.05, 3.63) is 59.2 Å². The van der Waals surface area contributed by atoms with Gasteiger partial charge in [-0.3, -0.25) is 14.4 Å². The van der Waals surface area contributed by atoms with Gasteiger partial charge in [0.05, 0.1) is 37.6 Å². The third-order valence-electron chi connectivity index (χ3n) is 6.03. The molecule has 0 heterocycles. The molecule has 3 aromatic carbocycles. The molecule has 0 bridgehead atoms. The predicted octanol–water partition coefficient (Wildman–Crippen LogP) is 5.32. The van der Waals surface area contributed by atoms with E-state index in [0.717, 1.165) is 11.8 Å². The third kappa shape index (κ3) is 8.27. The number of rotatable bonds is 16. The zero-order valence-electron chi connectivity index (χ0n) is 23.4. The molecule has 0 aliphatic rings. The molecule has 0 saturated carbocycles. The number of benzene rings is 3. The van der Waals surface area contributed by atoms with E-state index in [1.165, 1.54) is 20.8 Å². The molecule has 3 aromatic rings. The highest BCUT2D eigenvalue weighted by Crippen LogP contribution is 2.33. The Kier molecular flexibility index (Phi) is 11.5. The summed E-state index contributed by atoms with van der Waals surface area (Å²) in [5.74, 6) is 0.523. The van der Waals surface area contributed by atoms with Gasteiger partial charge in [0.2, 0.25) is 0 Å². The number of esters is 1. The number of phenols is 1. The molecule has 0 atom stereocenters. The van der Waals surface area contributed by atoms with Crippen molar-refractivity contribution in [1.29, 1.82) is 0 Å². The Morgan fingerprint density at radius 2 is 1.35 bits per heavy atom. The lowest BCUT2D eigenvalue weighted by Gasteiger charge is -2.15. The molecule has 0 aromatic heterocycles. The monoisotopic (exact) mass is 552 g/mol. The van der Waals surface area contributed by atoms with Crippen molar-refractivity contribution in [2.75, 3.05) is 39.6 Å². The Morgan fingerprint density at radius 1 is 0.750 bits per heavy atom. The highest BCUT2D eigenvalue weighted by atomic mass is 16.6. The van der Waals surface area contributed by atoms with Gasteiger partial charge in [0.15, 0.2) is 11.6 Å². The van der Waals surface area contributed by atoms with Gasteiger partial charge in [-0.15, -0.1) is 0 Å². The van der Waals surface area contributed by atoms with E-state index in [-0.39, 0.29) is 30.5 Å². The maximum Gasteiger partial charge on any atom is 0.308 e. The average Bonchev–Trinajstić information content (AvgIpc) is 2.90. The first-order valence-electron chi connectivity index (χ1n) is 13.3. The molecule has 0 aliphatic heterocycles. The van der Waals surface area contributed by atoms with E-state index in [4.69, 9.17) is 23.7 Å². The largest absolute Gasteiger partial charge is 0.507 e. The number of Topliss-reactive ketones (excluding diaryl/α,β-unsaturated/α-hetero) is 2. The number of carbonyl (C=O) groups excluding carboxylic acids is 3. The fourth-order valence-corrected chi connectivity index (χ4v) is 4.26. The molecular formula is C31H36O9. The third-order valence-corrected chi connectivity index (χ3v) is 6.03. The van der Waals surface area contributed by atoms with Gasteiger partial charge in [-0.25, -0.2) is 0 Å². The van der Waals surface area contributed by atoms with Crippen LogP contribution >= 0.6 is 0 Å². The van der Waals surface area contributed by atoms with Gasteiger partial charge in [0, 0.05) is 12.5 Å². The first-order chi connectivity index (χ1) is 19.2. The summed E-state index contributed by atoms with van der Waals surface area (Å²) in [6.07, 6.45) is 1.40. The van der Waals surface area contributed by atoms with Crippen molar-refractivity contribution < 1.29 is 43.2 Å². The van der Waals surface area contributed by atoms with Crippen LogP contribution in [0.25, 0.3) is 10.8 Å². The summed E-state index contributed by atoms with van der Waals surface area (Å²) < 4.78 is 27.9. The summed E-state index contributed by atoms with van der Waals surface area (Å²) in [5, 5.41) is 11.9. The number of carbonyl (C=O) groups is 3. The molecule has 0 fully saturated rings. The number of fused-ring (bicyclic) bond motifs is 1. The number of ketones is 2. The average molecular weight is 553 g/mol. The van der Waals surface area contributed by atoms with Crippen LogP contribution in [0, 0.1) is 0 Å². The van der Waals surface area contributed by atoms with Gasteiger partial charge in [0.25, 0.3) is 0 Å². The van der Waals surface area contributed by atoms with E-state index >= 15 is 0 Å². The van der Waals surface area contributed by atoms with Gasteiger partial charge in [0.1, 0.15) is 36.2 Å². The summed E-state index contributed by atoms with van der Waals surface area (Å²) in [6, 6.07) is 12.0. The van der Waals surface area contributed by atoms with Crippen LogP contribution in [-0.2, 0) is 20.7 Å². The summed E-state index contributed by atoms with van der Waals surface area (Å²) in [6.45, 7) is 8.04. The van der Waals surface area contributed by atoms with Crippen molar-refractivity contribution in [2.24, 2.45) is 0 Å². The second-order valence-corrected chi connectivity index (χ2v) is 9.14. The van der Waals surface area contributed by atoms with E-state index < -0.39 is 5.97 Å². The van der Waals surface area contributed by atoms with Crippen molar-refractivity contribution in [3.8, 4) is 23.0 Å². The van der Waals surface area contributed by atoms with E-state index in [9.17, 15) is 19.5 Å². The number of hydrogen-bond donors (Lipinski definition) is 1. The minimum absolute atomic E-state index is 0.0192. The standard InChI is InChI=1S/C31H36O9/c1-5-6-26-28(12-10-25(20(2)32)31(26)35)38-17-15-36-13-14-37-16-18-39-29-11-8-23-7-9-24(40-22(4)34)19-27(23)30(29)21(3)33/h7-12,19,35H,5-6,13-18H2,1-4H3. The Morgan fingerprint density at radius 3 is 1.95 bits per heavy atom. The molecule has 0 amide bonds. The maximum atomic E-state index is 12.4. The quantitative estimate of drug-likeness (QED) is 0.109. The molecule has 3 rings (SSSR count). The Balaban J connectivity index is 1.41. The fraction of sp³-hybridized carbons (Fsp3) is 0.387. The molecule has 0 spiro atoms. The smallest absolute Gasteiger partial charge is 0.308 e. The highest BCUT2D eigenvalue weighted by molar-refractivity contribution is 6.09. The number of phenolic OH excluding ortho intramolecular Hbond substituents is 1. The zero-order valence-corrected chi connectivity index (χ0v) is 23.4. The minimum Gasteiger partial charge on any atom is -0.507 e. The topological polar surface area (TPSA) is 118 Å². The second-order valence-electron chi connectivity index (χ2n) is 9.14. The lowest BCUT2D eigenvalue weighted by atomic mass is 10.0.